The first-order chi connectivity index (χ1) is 12.2. The minimum Gasteiger partial charge on any atom is -0.388 e. The second-order valence-electron chi connectivity index (χ2n) is 7.58. The Morgan fingerprint density at radius 1 is 1.20 bits per heavy atom. The summed E-state index contributed by atoms with van der Waals surface area (Å²) in [6.45, 7) is 5.37. The standard InChI is InChI=1S/C20H22ClN3O/c1-22-15-6-13(4-5-24-9-20(10-24)11-25-12-20)19-17(8-15)16-7-14(21)2-3-18(16)23-19/h2-3,6-8,22-23H,4-5,9-12H2,1H3. The van der Waals surface area contributed by atoms with E-state index in [1.165, 1.54) is 34.9 Å². The van der Waals surface area contributed by atoms with E-state index in [0.29, 0.717) is 5.41 Å². The minimum atomic E-state index is 0.486. The molecule has 1 spiro atoms. The van der Waals surface area contributed by atoms with Gasteiger partial charge in [0.15, 0.2) is 0 Å². The predicted molar refractivity (Wildman–Crippen MR) is 104 cm³/mol. The zero-order valence-corrected chi connectivity index (χ0v) is 15.1. The molecule has 3 heterocycles. The highest BCUT2D eigenvalue weighted by molar-refractivity contribution is 6.31. The number of H-pyrrole nitrogens is 1. The number of aromatic nitrogens is 1. The predicted octanol–water partition coefficient (Wildman–Crippen LogP) is 3.89. The number of ether oxygens (including phenoxy) is 1. The Kier molecular flexibility index (Phi) is 3.49. The molecule has 0 unspecified atom stereocenters. The molecule has 2 N–H and O–H groups in total. The van der Waals surface area contributed by atoms with Gasteiger partial charge in [0.2, 0.25) is 0 Å². The fourth-order valence-corrected chi connectivity index (χ4v) is 4.47. The Labute approximate surface area is 152 Å². The number of nitrogens with zero attached hydrogens (tertiary/aromatic N) is 1. The van der Waals surface area contributed by atoms with E-state index in [2.05, 4.69) is 39.5 Å². The normalized spacial score (nSPS) is 19.3. The molecule has 2 aliphatic heterocycles. The molecule has 0 aliphatic carbocycles. The lowest BCUT2D eigenvalue weighted by Gasteiger charge is -2.55. The molecule has 0 amide bonds. The number of hydrogen-bond acceptors (Lipinski definition) is 3. The lowest BCUT2D eigenvalue weighted by atomic mass is 9.78. The molecule has 4 nitrogen and oxygen atoms in total. The van der Waals surface area contributed by atoms with Crippen LogP contribution in [0.15, 0.2) is 30.3 Å². The maximum absolute atomic E-state index is 6.22. The number of halogens is 1. The molecule has 0 saturated carbocycles. The first-order valence-electron chi connectivity index (χ1n) is 8.88. The number of anilines is 1. The molecule has 3 aromatic rings. The van der Waals surface area contributed by atoms with Crippen molar-refractivity contribution < 1.29 is 4.74 Å². The molecule has 5 heteroatoms. The monoisotopic (exact) mass is 355 g/mol. The number of hydrogen-bond donors (Lipinski definition) is 2. The Bertz CT molecular complexity index is 952. The number of fused-ring (bicyclic) bond motifs is 3. The van der Waals surface area contributed by atoms with Gasteiger partial charge < -0.3 is 19.9 Å². The molecule has 2 saturated heterocycles. The maximum atomic E-state index is 6.22. The Balaban J connectivity index is 1.47. The number of rotatable bonds is 4. The lowest BCUT2D eigenvalue weighted by Crippen LogP contribution is -2.66. The van der Waals surface area contributed by atoms with E-state index in [9.17, 15) is 0 Å². The van der Waals surface area contributed by atoms with Gasteiger partial charge in [-0.05, 0) is 42.3 Å². The van der Waals surface area contributed by atoms with E-state index in [1.54, 1.807) is 0 Å². The molecule has 2 aromatic carbocycles. The van der Waals surface area contributed by atoms with Crippen molar-refractivity contribution in [1.29, 1.82) is 0 Å². The van der Waals surface area contributed by atoms with Crippen LogP contribution in [-0.4, -0.2) is 49.8 Å². The summed E-state index contributed by atoms with van der Waals surface area (Å²) in [5.41, 5.74) is 5.37. The van der Waals surface area contributed by atoms with E-state index in [-0.39, 0.29) is 0 Å². The van der Waals surface area contributed by atoms with Crippen molar-refractivity contribution in [2.45, 2.75) is 6.42 Å². The van der Waals surface area contributed by atoms with E-state index in [0.717, 1.165) is 42.4 Å². The Hall–Kier alpha value is -1.75. The smallest absolute Gasteiger partial charge is 0.0569 e. The highest BCUT2D eigenvalue weighted by atomic mass is 35.5. The van der Waals surface area contributed by atoms with Crippen molar-refractivity contribution in [3.63, 3.8) is 0 Å². The third-order valence-corrected chi connectivity index (χ3v) is 5.91. The summed E-state index contributed by atoms with van der Waals surface area (Å²) in [5.74, 6) is 0. The third-order valence-electron chi connectivity index (χ3n) is 5.67. The van der Waals surface area contributed by atoms with Gasteiger partial charge in [-0.15, -0.1) is 0 Å². The van der Waals surface area contributed by atoms with Crippen LogP contribution in [0, 0.1) is 5.41 Å². The van der Waals surface area contributed by atoms with Gasteiger partial charge >= 0.3 is 0 Å². The highest BCUT2D eigenvalue weighted by Crippen LogP contribution is 2.38. The largest absolute Gasteiger partial charge is 0.388 e. The summed E-state index contributed by atoms with van der Waals surface area (Å²) in [7, 11) is 1.97. The van der Waals surface area contributed by atoms with Crippen LogP contribution in [0.4, 0.5) is 5.69 Å². The van der Waals surface area contributed by atoms with Crippen LogP contribution in [0.3, 0.4) is 0 Å². The molecular formula is C20H22ClN3O. The van der Waals surface area contributed by atoms with Crippen LogP contribution in [-0.2, 0) is 11.2 Å². The van der Waals surface area contributed by atoms with E-state index >= 15 is 0 Å². The summed E-state index contributed by atoms with van der Waals surface area (Å²) in [5, 5.41) is 6.51. The molecule has 1 aromatic heterocycles. The summed E-state index contributed by atoms with van der Waals surface area (Å²) in [4.78, 5) is 6.14. The number of aromatic amines is 1. The molecule has 0 atom stereocenters. The second-order valence-corrected chi connectivity index (χ2v) is 8.01. The van der Waals surface area contributed by atoms with Gasteiger partial charge in [0.25, 0.3) is 0 Å². The van der Waals surface area contributed by atoms with Gasteiger partial charge in [-0.2, -0.15) is 0 Å². The van der Waals surface area contributed by atoms with Crippen LogP contribution >= 0.6 is 11.6 Å². The van der Waals surface area contributed by atoms with Crippen LogP contribution in [0.5, 0.6) is 0 Å². The van der Waals surface area contributed by atoms with Crippen molar-refractivity contribution in [2.75, 3.05) is 45.2 Å². The van der Waals surface area contributed by atoms with Crippen LogP contribution in [0.1, 0.15) is 5.56 Å². The SMILES string of the molecule is CNc1cc(CCN2CC3(COC3)C2)c2[nH]c3ccc(Cl)cc3c2c1. The van der Waals surface area contributed by atoms with Gasteiger partial charge in [0.1, 0.15) is 0 Å². The second kappa shape index (κ2) is 5.63. The summed E-state index contributed by atoms with van der Waals surface area (Å²) in [6.07, 6.45) is 1.05. The van der Waals surface area contributed by atoms with E-state index in [1.807, 2.05) is 13.1 Å². The first kappa shape index (κ1) is 15.5. The fraction of sp³-hybridized carbons (Fsp3) is 0.400. The molecule has 0 radical (unpaired) electrons. The average Bonchev–Trinajstić information content (AvgIpc) is 2.89. The first-order valence-corrected chi connectivity index (χ1v) is 9.25. The summed E-state index contributed by atoms with van der Waals surface area (Å²) >= 11 is 6.22. The molecule has 130 valence electrons. The van der Waals surface area contributed by atoms with Crippen LogP contribution in [0.2, 0.25) is 5.02 Å². The number of likely N-dealkylation sites (tertiary alicyclic amines) is 1. The van der Waals surface area contributed by atoms with Crippen LogP contribution < -0.4 is 5.32 Å². The van der Waals surface area contributed by atoms with E-state index in [4.69, 9.17) is 16.3 Å². The zero-order chi connectivity index (χ0) is 17.0. The molecule has 2 fully saturated rings. The van der Waals surface area contributed by atoms with Crippen molar-refractivity contribution in [3.8, 4) is 0 Å². The molecule has 0 bridgehead atoms. The summed E-state index contributed by atoms with van der Waals surface area (Å²) in [6, 6.07) is 10.5. The van der Waals surface area contributed by atoms with Gasteiger partial charge in [-0.25, -0.2) is 0 Å². The van der Waals surface area contributed by atoms with Gasteiger partial charge in [-0.3, -0.25) is 0 Å². The highest BCUT2D eigenvalue weighted by Gasteiger charge is 2.48. The summed E-state index contributed by atoms with van der Waals surface area (Å²) < 4.78 is 5.37. The maximum Gasteiger partial charge on any atom is 0.0569 e. The fourth-order valence-electron chi connectivity index (χ4n) is 4.30. The Morgan fingerprint density at radius 3 is 2.76 bits per heavy atom. The number of nitrogens with one attached hydrogen (secondary N) is 2. The van der Waals surface area contributed by atoms with Gasteiger partial charge in [-0.1, -0.05) is 11.6 Å². The third kappa shape index (κ3) is 2.51. The molecule has 5 rings (SSSR count). The lowest BCUT2D eigenvalue weighted by molar-refractivity contribution is -0.188. The molecule has 2 aliphatic rings. The zero-order valence-electron chi connectivity index (χ0n) is 14.4. The topological polar surface area (TPSA) is 40.3 Å². The van der Waals surface area contributed by atoms with Crippen LogP contribution in [0.25, 0.3) is 21.8 Å². The van der Waals surface area contributed by atoms with Crippen molar-refractivity contribution in [3.05, 3.63) is 40.9 Å². The Morgan fingerprint density at radius 2 is 2.04 bits per heavy atom. The molecular weight excluding hydrogens is 334 g/mol. The molecule has 25 heavy (non-hydrogen) atoms. The average molecular weight is 356 g/mol. The van der Waals surface area contributed by atoms with Crippen molar-refractivity contribution in [2.24, 2.45) is 5.41 Å². The van der Waals surface area contributed by atoms with Crippen molar-refractivity contribution in [1.82, 2.24) is 9.88 Å². The number of benzene rings is 2. The van der Waals surface area contributed by atoms with Crippen molar-refractivity contribution >= 4 is 39.1 Å². The van der Waals surface area contributed by atoms with Gasteiger partial charge in [0, 0.05) is 64.6 Å². The van der Waals surface area contributed by atoms with Gasteiger partial charge in [0.05, 0.1) is 13.2 Å². The quantitative estimate of drug-likeness (QED) is 0.746. The van der Waals surface area contributed by atoms with E-state index < -0.39 is 0 Å². The minimum absolute atomic E-state index is 0.486.